The number of amides is 1. The summed E-state index contributed by atoms with van der Waals surface area (Å²) in [6, 6.07) is 3.67. The second kappa shape index (κ2) is 5.66. The van der Waals surface area contributed by atoms with Gasteiger partial charge >= 0.3 is 0 Å². The largest absolute Gasteiger partial charge is 0.398 e. The molecule has 5 heteroatoms. The van der Waals surface area contributed by atoms with Crippen molar-refractivity contribution in [2.45, 2.75) is 39.4 Å². The Balaban J connectivity index is 2.29. The second-order valence-corrected chi connectivity index (χ2v) is 6.39. The van der Waals surface area contributed by atoms with Crippen molar-refractivity contribution in [1.82, 2.24) is 4.90 Å². The smallest absolute Gasteiger partial charge is 0.254 e. The monoisotopic (exact) mass is 292 g/mol. The first-order valence-corrected chi connectivity index (χ1v) is 7.18. The summed E-state index contributed by atoms with van der Waals surface area (Å²) in [4.78, 5) is 14.5. The van der Waals surface area contributed by atoms with E-state index in [2.05, 4.69) is 0 Å². The summed E-state index contributed by atoms with van der Waals surface area (Å²) in [6.45, 7) is 8.48. The van der Waals surface area contributed by atoms with Gasteiger partial charge in [-0.15, -0.1) is 0 Å². The zero-order chi connectivity index (χ0) is 15.8. The van der Waals surface area contributed by atoms with Gasteiger partial charge in [-0.05, 0) is 44.9 Å². The SMILES string of the molecule is Cc1cc(C)c(C(=O)N2CC(CO)OC(C)(C)C2)cc1N. The molecule has 1 atom stereocenters. The van der Waals surface area contributed by atoms with Gasteiger partial charge < -0.3 is 20.5 Å². The number of anilines is 1. The molecule has 1 unspecified atom stereocenters. The van der Waals surface area contributed by atoms with Gasteiger partial charge in [-0.3, -0.25) is 4.79 Å². The summed E-state index contributed by atoms with van der Waals surface area (Å²) in [6.07, 6.45) is -0.346. The Morgan fingerprint density at radius 3 is 2.71 bits per heavy atom. The molecule has 1 aromatic carbocycles. The number of carbonyl (C=O) groups excluding carboxylic acids is 1. The maximum absolute atomic E-state index is 12.8. The van der Waals surface area contributed by atoms with E-state index in [-0.39, 0.29) is 18.6 Å². The number of hydrogen-bond donors (Lipinski definition) is 2. The van der Waals surface area contributed by atoms with E-state index in [1.807, 2.05) is 33.8 Å². The Bertz CT molecular complexity index is 555. The van der Waals surface area contributed by atoms with Crippen LogP contribution < -0.4 is 5.73 Å². The minimum absolute atomic E-state index is 0.0611. The molecule has 116 valence electrons. The molecule has 1 saturated heterocycles. The average molecular weight is 292 g/mol. The highest BCUT2D eigenvalue weighted by molar-refractivity contribution is 5.97. The first-order chi connectivity index (χ1) is 9.73. The number of aliphatic hydroxyl groups excluding tert-OH is 1. The van der Waals surface area contributed by atoms with Crippen LogP contribution in [0.3, 0.4) is 0 Å². The number of rotatable bonds is 2. The molecule has 5 nitrogen and oxygen atoms in total. The van der Waals surface area contributed by atoms with Gasteiger partial charge in [0.2, 0.25) is 0 Å². The third kappa shape index (κ3) is 3.36. The number of ether oxygens (including phenoxy) is 1. The lowest BCUT2D eigenvalue weighted by atomic mass is 10.00. The molecule has 1 amide bonds. The van der Waals surface area contributed by atoms with Crippen LogP contribution in [0.4, 0.5) is 5.69 Å². The molecule has 1 aromatic rings. The molecule has 21 heavy (non-hydrogen) atoms. The standard InChI is InChI=1S/C16H24N2O3/c1-10-5-11(2)14(17)6-13(10)15(20)18-7-12(8-19)21-16(3,4)9-18/h5-6,12,19H,7-9,17H2,1-4H3. The summed E-state index contributed by atoms with van der Waals surface area (Å²) >= 11 is 0. The predicted molar refractivity (Wildman–Crippen MR) is 82.3 cm³/mol. The molecular formula is C16H24N2O3. The fraction of sp³-hybridized carbons (Fsp3) is 0.562. The maximum atomic E-state index is 12.8. The van der Waals surface area contributed by atoms with Crippen molar-refractivity contribution in [3.8, 4) is 0 Å². The summed E-state index contributed by atoms with van der Waals surface area (Å²) in [5, 5.41) is 9.35. The van der Waals surface area contributed by atoms with Gasteiger partial charge in [0, 0.05) is 24.3 Å². The molecule has 3 N–H and O–H groups in total. The van der Waals surface area contributed by atoms with E-state index in [0.29, 0.717) is 24.3 Å². The van der Waals surface area contributed by atoms with Gasteiger partial charge in [-0.2, -0.15) is 0 Å². The zero-order valence-corrected chi connectivity index (χ0v) is 13.1. The number of nitrogen functional groups attached to an aromatic ring is 1. The molecule has 0 saturated carbocycles. The summed E-state index contributed by atoms with van der Waals surface area (Å²) in [5.74, 6) is -0.0611. The Kier molecular flexibility index (Phi) is 4.25. The van der Waals surface area contributed by atoms with Crippen molar-refractivity contribution in [1.29, 1.82) is 0 Å². The first kappa shape index (κ1) is 15.8. The Hall–Kier alpha value is -1.59. The lowest BCUT2D eigenvalue weighted by Gasteiger charge is -2.42. The van der Waals surface area contributed by atoms with Crippen LogP contribution in [0.15, 0.2) is 12.1 Å². The number of aryl methyl sites for hydroxylation is 2. The topological polar surface area (TPSA) is 75.8 Å². The van der Waals surface area contributed by atoms with Gasteiger partial charge in [0.15, 0.2) is 0 Å². The molecule has 0 aromatic heterocycles. The summed E-state index contributed by atoms with van der Waals surface area (Å²) in [5.41, 5.74) is 8.59. The van der Waals surface area contributed by atoms with Gasteiger partial charge in [0.05, 0.1) is 18.3 Å². The van der Waals surface area contributed by atoms with Gasteiger partial charge in [0.25, 0.3) is 5.91 Å². The zero-order valence-electron chi connectivity index (χ0n) is 13.1. The van der Waals surface area contributed by atoms with Gasteiger partial charge in [-0.25, -0.2) is 0 Å². The number of hydrogen-bond acceptors (Lipinski definition) is 4. The molecule has 1 aliphatic heterocycles. The number of benzene rings is 1. The lowest BCUT2D eigenvalue weighted by molar-refractivity contribution is -0.139. The van der Waals surface area contributed by atoms with E-state index < -0.39 is 5.60 Å². The Morgan fingerprint density at radius 2 is 2.10 bits per heavy atom. The molecule has 1 heterocycles. The summed E-state index contributed by atoms with van der Waals surface area (Å²) < 4.78 is 5.74. The fourth-order valence-electron chi connectivity index (χ4n) is 2.82. The number of nitrogens with two attached hydrogens (primary N) is 1. The third-order valence-electron chi connectivity index (χ3n) is 3.82. The molecule has 0 spiro atoms. The fourth-order valence-corrected chi connectivity index (χ4v) is 2.82. The predicted octanol–water partition coefficient (Wildman–Crippen LogP) is 1.50. The van der Waals surface area contributed by atoms with Crippen LogP contribution in [0.1, 0.15) is 35.3 Å². The minimum atomic E-state index is -0.467. The van der Waals surface area contributed by atoms with Gasteiger partial charge in [0.1, 0.15) is 0 Å². The van der Waals surface area contributed by atoms with Crippen LogP contribution in [0.2, 0.25) is 0 Å². The maximum Gasteiger partial charge on any atom is 0.254 e. The molecule has 1 aliphatic rings. The van der Waals surface area contributed by atoms with Crippen molar-refractivity contribution in [3.05, 3.63) is 28.8 Å². The van der Waals surface area contributed by atoms with E-state index in [9.17, 15) is 9.90 Å². The normalized spacial score (nSPS) is 21.4. The van der Waals surface area contributed by atoms with Crippen molar-refractivity contribution in [2.24, 2.45) is 0 Å². The van der Waals surface area contributed by atoms with Crippen molar-refractivity contribution < 1.29 is 14.6 Å². The minimum Gasteiger partial charge on any atom is -0.398 e. The number of nitrogens with zero attached hydrogens (tertiary/aromatic N) is 1. The Labute approximate surface area is 125 Å². The highest BCUT2D eigenvalue weighted by atomic mass is 16.5. The van der Waals surface area contributed by atoms with E-state index in [4.69, 9.17) is 10.5 Å². The molecule has 2 rings (SSSR count). The number of aliphatic hydroxyl groups is 1. The first-order valence-electron chi connectivity index (χ1n) is 7.18. The van der Waals surface area contributed by atoms with E-state index in [0.717, 1.165) is 11.1 Å². The number of morpholine rings is 1. The quantitative estimate of drug-likeness (QED) is 0.810. The Morgan fingerprint density at radius 1 is 1.43 bits per heavy atom. The highest BCUT2D eigenvalue weighted by Gasteiger charge is 2.35. The molecule has 1 fully saturated rings. The summed E-state index contributed by atoms with van der Waals surface area (Å²) in [7, 11) is 0. The van der Waals surface area contributed by atoms with Crippen molar-refractivity contribution in [3.63, 3.8) is 0 Å². The van der Waals surface area contributed by atoms with Crippen LogP contribution in [0, 0.1) is 13.8 Å². The van der Waals surface area contributed by atoms with Crippen molar-refractivity contribution in [2.75, 3.05) is 25.4 Å². The van der Waals surface area contributed by atoms with Gasteiger partial charge in [-0.1, -0.05) is 6.07 Å². The second-order valence-electron chi connectivity index (χ2n) is 6.39. The average Bonchev–Trinajstić information content (AvgIpc) is 2.40. The highest BCUT2D eigenvalue weighted by Crippen LogP contribution is 2.25. The molecule has 0 aliphatic carbocycles. The molecule has 0 radical (unpaired) electrons. The van der Waals surface area contributed by atoms with Crippen LogP contribution >= 0.6 is 0 Å². The third-order valence-corrected chi connectivity index (χ3v) is 3.82. The lowest BCUT2D eigenvalue weighted by Crippen LogP contribution is -2.55. The van der Waals surface area contributed by atoms with Crippen LogP contribution in [0.25, 0.3) is 0 Å². The molecular weight excluding hydrogens is 268 g/mol. The van der Waals surface area contributed by atoms with Crippen molar-refractivity contribution >= 4 is 11.6 Å². The van der Waals surface area contributed by atoms with E-state index in [1.165, 1.54) is 0 Å². The van der Waals surface area contributed by atoms with Crippen LogP contribution in [-0.2, 0) is 4.74 Å². The van der Waals surface area contributed by atoms with Crippen LogP contribution in [0.5, 0.6) is 0 Å². The molecule has 0 bridgehead atoms. The number of carbonyl (C=O) groups is 1. The van der Waals surface area contributed by atoms with Crippen LogP contribution in [-0.4, -0.2) is 47.3 Å². The van der Waals surface area contributed by atoms with E-state index in [1.54, 1.807) is 11.0 Å². The van der Waals surface area contributed by atoms with E-state index >= 15 is 0 Å².